The van der Waals surface area contributed by atoms with Gasteiger partial charge in [-0.3, -0.25) is 4.79 Å². The van der Waals surface area contributed by atoms with Gasteiger partial charge in [0.25, 0.3) is 0 Å². The molecule has 2 aliphatic rings. The molecule has 0 aromatic heterocycles. The third kappa shape index (κ3) is 5.13. The fraction of sp³-hybridized carbons (Fsp3) is 0.632. The van der Waals surface area contributed by atoms with Crippen molar-refractivity contribution in [2.24, 2.45) is 5.92 Å². The summed E-state index contributed by atoms with van der Waals surface area (Å²) in [5.41, 5.74) is 0. The minimum Gasteiger partial charge on any atom is -0.486 e. The normalized spacial score (nSPS) is 17.7. The molecule has 1 aromatic carbocycles. The van der Waals surface area contributed by atoms with E-state index in [4.69, 9.17) is 9.47 Å². The number of sulfone groups is 1. The number of piperidine rings is 1. The van der Waals surface area contributed by atoms with Crippen molar-refractivity contribution in [3.63, 3.8) is 0 Å². The second-order valence-corrected chi connectivity index (χ2v) is 9.12. The summed E-state index contributed by atoms with van der Waals surface area (Å²) >= 11 is 0. The molecular formula is C19H28N2O5S. The minimum absolute atomic E-state index is 0.00858. The van der Waals surface area contributed by atoms with Crippen LogP contribution in [0.4, 0.5) is 0 Å². The molecule has 1 fully saturated rings. The molecule has 1 amide bonds. The summed E-state index contributed by atoms with van der Waals surface area (Å²) in [6, 6.07) is 4.61. The van der Waals surface area contributed by atoms with Gasteiger partial charge in [0.2, 0.25) is 5.91 Å². The van der Waals surface area contributed by atoms with E-state index in [2.05, 4.69) is 12.2 Å². The van der Waals surface area contributed by atoms with Gasteiger partial charge in [0.1, 0.15) is 13.2 Å². The van der Waals surface area contributed by atoms with Gasteiger partial charge in [-0.2, -0.15) is 0 Å². The molecule has 1 saturated heterocycles. The summed E-state index contributed by atoms with van der Waals surface area (Å²) in [6.07, 6.45) is 1.94. The van der Waals surface area contributed by atoms with E-state index >= 15 is 0 Å². The zero-order valence-corrected chi connectivity index (χ0v) is 16.6. The number of nitrogens with one attached hydrogen (secondary N) is 1. The number of carbonyl (C=O) groups excluding carboxylic acids is 1. The van der Waals surface area contributed by atoms with E-state index in [-0.39, 0.29) is 23.0 Å². The van der Waals surface area contributed by atoms with Crippen LogP contribution in [0.25, 0.3) is 0 Å². The van der Waals surface area contributed by atoms with Gasteiger partial charge in [0.05, 0.1) is 10.6 Å². The molecule has 0 saturated carbocycles. The summed E-state index contributed by atoms with van der Waals surface area (Å²) in [7, 11) is -3.54. The van der Waals surface area contributed by atoms with Crippen molar-refractivity contribution in [1.82, 2.24) is 10.2 Å². The summed E-state index contributed by atoms with van der Waals surface area (Å²) in [6.45, 7) is 6.30. The lowest BCUT2D eigenvalue weighted by Crippen LogP contribution is -2.41. The molecule has 3 rings (SSSR count). The van der Waals surface area contributed by atoms with Crippen LogP contribution < -0.4 is 14.8 Å². The second kappa shape index (κ2) is 8.93. The monoisotopic (exact) mass is 396 g/mol. The van der Waals surface area contributed by atoms with Crippen LogP contribution in [-0.2, 0) is 14.6 Å². The molecule has 0 radical (unpaired) electrons. The van der Waals surface area contributed by atoms with Crippen molar-refractivity contribution in [1.29, 1.82) is 0 Å². The van der Waals surface area contributed by atoms with E-state index in [0.29, 0.717) is 43.7 Å². The molecule has 150 valence electrons. The standard InChI is InChI=1S/C19H28N2O5S/c1-2-20-14-15-5-8-21(9-6-15)19(22)7-12-27(23,24)16-3-4-17-18(13-16)26-11-10-25-17/h3-4,13,15,20H,2,5-12,14H2,1H3. The Kier molecular flexibility index (Phi) is 6.59. The van der Waals surface area contributed by atoms with Crippen molar-refractivity contribution < 1.29 is 22.7 Å². The number of likely N-dealkylation sites (tertiary alicyclic amines) is 1. The summed E-state index contributed by atoms with van der Waals surface area (Å²) in [5, 5.41) is 3.34. The Morgan fingerprint density at radius 3 is 2.59 bits per heavy atom. The Balaban J connectivity index is 1.52. The molecule has 0 spiro atoms. The first-order valence-corrected chi connectivity index (χ1v) is 11.3. The van der Waals surface area contributed by atoms with E-state index in [0.717, 1.165) is 25.9 Å². The second-order valence-electron chi connectivity index (χ2n) is 7.01. The molecule has 1 N–H and O–H groups in total. The predicted molar refractivity (Wildman–Crippen MR) is 102 cm³/mol. The molecular weight excluding hydrogens is 368 g/mol. The number of hydrogen-bond acceptors (Lipinski definition) is 6. The third-order valence-electron chi connectivity index (χ3n) is 5.11. The van der Waals surface area contributed by atoms with Crippen LogP contribution in [0.15, 0.2) is 23.1 Å². The molecule has 8 heteroatoms. The van der Waals surface area contributed by atoms with Crippen molar-refractivity contribution >= 4 is 15.7 Å². The maximum absolute atomic E-state index is 12.6. The van der Waals surface area contributed by atoms with Crippen LogP contribution >= 0.6 is 0 Å². The fourth-order valence-corrected chi connectivity index (χ4v) is 4.69. The summed E-state index contributed by atoms with van der Waals surface area (Å²) < 4.78 is 36.1. The average Bonchev–Trinajstić information content (AvgIpc) is 2.70. The minimum atomic E-state index is -3.54. The van der Waals surface area contributed by atoms with Gasteiger partial charge in [-0.05, 0) is 44.0 Å². The van der Waals surface area contributed by atoms with Crippen LogP contribution in [0.5, 0.6) is 11.5 Å². The van der Waals surface area contributed by atoms with Gasteiger partial charge in [-0.25, -0.2) is 8.42 Å². The molecule has 0 atom stereocenters. The first-order valence-electron chi connectivity index (χ1n) is 9.60. The van der Waals surface area contributed by atoms with E-state index in [1.807, 2.05) is 0 Å². The highest BCUT2D eigenvalue weighted by Crippen LogP contribution is 2.32. The van der Waals surface area contributed by atoms with Crippen LogP contribution in [0.2, 0.25) is 0 Å². The number of nitrogens with zero attached hydrogens (tertiary/aromatic N) is 1. The van der Waals surface area contributed by atoms with Crippen molar-refractivity contribution in [3.05, 3.63) is 18.2 Å². The number of ether oxygens (including phenoxy) is 2. The average molecular weight is 397 g/mol. The zero-order chi connectivity index (χ0) is 19.3. The van der Waals surface area contributed by atoms with Crippen LogP contribution in [0.3, 0.4) is 0 Å². The highest BCUT2D eigenvalue weighted by molar-refractivity contribution is 7.91. The number of amides is 1. The van der Waals surface area contributed by atoms with Gasteiger partial charge in [-0.1, -0.05) is 6.92 Å². The Morgan fingerprint density at radius 1 is 1.19 bits per heavy atom. The first-order chi connectivity index (χ1) is 13.0. The van der Waals surface area contributed by atoms with Gasteiger partial charge in [-0.15, -0.1) is 0 Å². The Hall–Kier alpha value is -1.80. The number of hydrogen-bond donors (Lipinski definition) is 1. The van der Waals surface area contributed by atoms with Gasteiger partial charge >= 0.3 is 0 Å². The highest BCUT2D eigenvalue weighted by Gasteiger charge is 2.25. The Bertz CT molecular complexity index is 757. The van der Waals surface area contributed by atoms with Gasteiger partial charge in [0, 0.05) is 25.6 Å². The van der Waals surface area contributed by atoms with E-state index in [1.54, 1.807) is 11.0 Å². The van der Waals surface area contributed by atoms with Crippen molar-refractivity contribution in [2.45, 2.75) is 31.1 Å². The number of fused-ring (bicyclic) bond motifs is 1. The molecule has 2 heterocycles. The zero-order valence-electron chi connectivity index (χ0n) is 15.8. The molecule has 0 unspecified atom stereocenters. The number of benzene rings is 1. The molecule has 0 bridgehead atoms. The molecule has 0 aliphatic carbocycles. The smallest absolute Gasteiger partial charge is 0.223 e. The lowest BCUT2D eigenvalue weighted by atomic mass is 9.96. The van der Waals surface area contributed by atoms with Crippen molar-refractivity contribution in [3.8, 4) is 11.5 Å². The highest BCUT2D eigenvalue weighted by atomic mass is 32.2. The fourth-order valence-electron chi connectivity index (χ4n) is 3.45. The largest absolute Gasteiger partial charge is 0.486 e. The van der Waals surface area contributed by atoms with E-state index in [1.165, 1.54) is 12.1 Å². The van der Waals surface area contributed by atoms with Gasteiger partial charge < -0.3 is 19.7 Å². The quantitative estimate of drug-likeness (QED) is 0.751. The molecule has 1 aromatic rings. The van der Waals surface area contributed by atoms with E-state index in [9.17, 15) is 13.2 Å². The third-order valence-corrected chi connectivity index (χ3v) is 6.82. The molecule has 2 aliphatic heterocycles. The molecule has 27 heavy (non-hydrogen) atoms. The Labute approximate surface area is 160 Å². The van der Waals surface area contributed by atoms with Gasteiger partial charge in [0.15, 0.2) is 21.3 Å². The Morgan fingerprint density at radius 2 is 1.89 bits per heavy atom. The SMILES string of the molecule is CCNCC1CCN(C(=O)CCS(=O)(=O)c2ccc3c(c2)OCCO3)CC1. The number of carbonyl (C=O) groups is 1. The maximum atomic E-state index is 12.6. The first kappa shape index (κ1) is 19.9. The maximum Gasteiger partial charge on any atom is 0.223 e. The van der Waals surface area contributed by atoms with Crippen LogP contribution in [0, 0.1) is 5.92 Å². The number of rotatable bonds is 7. The van der Waals surface area contributed by atoms with E-state index < -0.39 is 9.84 Å². The topological polar surface area (TPSA) is 84.9 Å². The summed E-state index contributed by atoms with van der Waals surface area (Å²) in [5.74, 6) is 1.31. The molecule has 7 nitrogen and oxygen atoms in total. The lowest BCUT2D eigenvalue weighted by Gasteiger charge is -2.32. The predicted octanol–water partition coefficient (Wildman–Crippen LogP) is 1.47. The lowest BCUT2D eigenvalue weighted by molar-refractivity contribution is -0.132. The van der Waals surface area contributed by atoms with Crippen molar-refractivity contribution in [2.75, 3.05) is 45.1 Å². The van der Waals surface area contributed by atoms with Crippen LogP contribution in [0.1, 0.15) is 26.2 Å². The van der Waals surface area contributed by atoms with Crippen LogP contribution in [-0.4, -0.2) is 64.4 Å². The summed E-state index contributed by atoms with van der Waals surface area (Å²) in [4.78, 5) is 14.4.